The van der Waals surface area contributed by atoms with Crippen LogP contribution < -0.4 is 0 Å². The molecule has 47 heavy (non-hydrogen) atoms. The van der Waals surface area contributed by atoms with E-state index in [2.05, 4.69) is 142 Å². The van der Waals surface area contributed by atoms with Crippen molar-refractivity contribution in [2.24, 2.45) is 0 Å². The summed E-state index contributed by atoms with van der Waals surface area (Å²) in [6.07, 6.45) is 0. The average Bonchev–Trinajstić information content (AvgIpc) is 3.48. The third-order valence-electron chi connectivity index (χ3n) is 9.70. The Labute approximate surface area is 276 Å². The van der Waals surface area contributed by atoms with Crippen LogP contribution >= 0.6 is 0 Å². The monoisotopic (exact) mass is 603 g/mol. The summed E-state index contributed by atoms with van der Waals surface area (Å²) in [6.45, 7) is 6.81. The van der Waals surface area contributed by atoms with Crippen molar-refractivity contribution in [3.05, 3.63) is 157 Å². The van der Waals surface area contributed by atoms with Crippen LogP contribution in [0.1, 0.15) is 27.7 Å². The Bertz CT molecular complexity index is 2650. The minimum absolute atomic E-state index is 0.106. The smallest absolute Gasteiger partial charge is 0.139 e. The molecule has 1 heterocycles. The van der Waals surface area contributed by atoms with Crippen molar-refractivity contribution in [3.8, 4) is 33.4 Å². The highest BCUT2D eigenvalue weighted by molar-refractivity contribution is 6.22. The van der Waals surface area contributed by atoms with Crippen LogP contribution in [0.2, 0.25) is 0 Å². The number of fused-ring (bicyclic) bond motifs is 6. The maximum absolute atomic E-state index is 7.96. The van der Waals surface area contributed by atoms with E-state index in [4.69, 9.17) is 5.79 Å². The lowest BCUT2D eigenvalue weighted by atomic mass is 9.81. The lowest BCUT2D eigenvalue weighted by Crippen LogP contribution is -2.11. The summed E-state index contributed by atoms with van der Waals surface area (Å²) in [4.78, 5) is 0. The van der Waals surface area contributed by atoms with Crippen LogP contribution in [0.3, 0.4) is 0 Å². The van der Waals surface area contributed by atoms with Crippen molar-refractivity contribution in [2.45, 2.75) is 26.2 Å². The highest BCUT2D eigenvalue weighted by Crippen LogP contribution is 2.46. The van der Waals surface area contributed by atoms with Gasteiger partial charge in [-0.15, -0.1) is 0 Å². The third-order valence-corrected chi connectivity index (χ3v) is 9.70. The standard InChI is InChI=1S/C46H34O/c1-46(2,3)41-28-34(27-40-35-14-10-11-19-42(35)47-45(40)41)44-38-17-8-6-15-36(38)43(37-16-7-9-18-39(37)44)31-23-20-30(21-24-31)33-25-22-29-12-4-5-13-32(29)26-33/h4-28H,1-3H3/i4D. The molecule has 0 atom stereocenters. The van der Waals surface area contributed by atoms with Crippen molar-refractivity contribution in [3.63, 3.8) is 0 Å². The maximum atomic E-state index is 7.96. The summed E-state index contributed by atoms with van der Waals surface area (Å²) in [6, 6.07) is 52.7. The summed E-state index contributed by atoms with van der Waals surface area (Å²) in [5.74, 6) is 0. The van der Waals surface area contributed by atoms with Gasteiger partial charge in [0.2, 0.25) is 0 Å². The van der Waals surface area contributed by atoms with Gasteiger partial charge < -0.3 is 4.42 Å². The second kappa shape index (κ2) is 10.4. The molecule has 0 amide bonds. The van der Waals surface area contributed by atoms with Gasteiger partial charge in [-0.1, -0.05) is 148 Å². The minimum atomic E-state index is -0.106. The summed E-state index contributed by atoms with van der Waals surface area (Å²) >= 11 is 0. The van der Waals surface area contributed by atoms with Gasteiger partial charge in [-0.3, -0.25) is 0 Å². The first-order valence-electron chi connectivity index (χ1n) is 16.8. The highest BCUT2D eigenvalue weighted by atomic mass is 16.3. The molecule has 0 saturated heterocycles. The van der Waals surface area contributed by atoms with Crippen molar-refractivity contribution < 1.29 is 5.79 Å². The first-order valence-corrected chi connectivity index (χ1v) is 16.3. The molecular weight excluding hydrogens is 569 g/mol. The van der Waals surface area contributed by atoms with E-state index in [9.17, 15) is 0 Å². The first-order chi connectivity index (χ1) is 23.3. The summed E-state index contributed by atoms with van der Waals surface area (Å²) in [5.41, 5.74) is 10.3. The van der Waals surface area contributed by atoms with Crippen LogP contribution in [0.25, 0.3) is 87.6 Å². The number of benzene rings is 8. The quantitative estimate of drug-likeness (QED) is 0.183. The van der Waals surface area contributed by atoms with Crippen molar-refractivity contribution >= 4 is 54.3 Å². The topological polar surface area (TPSA) is 13.1 Å². The van der Waals surface area contributed by atoms with Gasteiger partial charge in [0, 0.05) is 16.3 Å². The van der Waals surface area contributed by atoms with E-state index >= 15 is 0 Å². The van der Waals surface area contributed by atoms with Gasteiger partial charge in [-0.2, -0.15) is 0 Å². The second-order valence-corrected chi connectivity index (χ2v) is 13.7. The van der Waals surface area contributed by atoms with Crippen LogP contribution in [0, 0.1) is 0 Å². The summed E-state index contributed by atoms with van der Waals surface area (Å²) in [5, 5.41) is 9.52. The van der Waals surface area contributed by atoms with Gasteiger partial charge in [0.25, 0.3) is 0 Å². The molecule has 0 aliphatic rings. The van der Waals surface area contributed by atoms with Gasteiger partial charge >= 0.3 is 0 Å². The fraction of sp³-hybridized carbons (Fsp3) is 0.0870. The van der Waals surface area contributed by atoms with E-state index < -0.39 is 0 Å². The SMILES string of the molecule is [2H]c1ccc2cc(-c3ccc(-c4c5ccccc5c(-c5cc(C(C)(C)C)c6oc7ccccc7c6c5)c5ccccc45)cc3)ccc2c1. The van der Waals surface area contributed by atoms with E-state index in [1.807, 2.05) is 24.3 Å². The van der Waals surface area contributed by atoms with Crippen molar-refractivity contribution in [1.29, 1.82) is 0 Å². The molecule has 0 bridgehead atoms. The van der Waals surface area contributed by atoms with Gasteiger partial charge in [-0.25, -0.2) is 0 Å². The molecule has 0 aliphatic heterocycles. The predicted molar refractivity (Wildman–Crippen MR) is 201 cm³/mol. The normalized spacial score (nSPS) is 12.4. The van der Waals surface area contributed by atoms with E-state index in [1.165, 1.54) is 60.5 Å². The van der Waals surface area contributed by atoms with Crippen LogP contribution in [0.15, 0.2) is 156 Å². The fourth-order valence-corrected chi connectivity index (χ4v) is 7.41. The molecule has 224 valence electrons. The lowest BCUT2D eigenvalue weighted by molar-refractivity contribution is 0.573. The van der Waals surface area contributed by atoms with E-state index in [-0.39, 0.29) is 5.41 Å². The molecule has 0 spiro atoms. The lowest BCUT2D eigenvalue weighted by Gasteiger charge is -2.22. The second-order valence-electron chi connectivity index (χ2n) is 13.7. The van der Waals surface area contributed by atoms with Gasteiger partial charge in [-0.05, 0) is 95.4 Å². The molecule has 1 heteroatoms. The Morgan fingerprint density at radius 1 is 0.447 bits per heavy atom. The molecule has 9 aromatic rings. The number of para-hydroxylation sites is 1. The Morgan fingerprint density at radius 3 is 1.68 bits per heavy atom. The van der Waals surface area contributed by atoms with Crippen LogP contribution in [0.5, 0.6) is 0 Å². The predicted octanol–water partition coefficient (Wildman–Crippen LogP) is 13.3. The van der Waals surface area contributed by atoms with Crippen LogP contribution in [0.4, 0.5) is 0 Å². The highest BCUT2D eigenvalue weighted by Gasteiger charge is 2.24. The van der Waals surface area contributed by atoms with Crippen molar-refractivity contribution in [2.75, 3.05) is 0 Å². The molecular formula is C46H34O. The van der Waals surface area contributed by atoms with Crippen molar-refractivity contribution in [1.82, 2.24) is 0 Å². The Balaban J connectivity index is 1.27. The molecule has 0 unspecified atom stereocenters. The van der Waals surface area contributed by atoms with Gasteiger partial charge in [0.15, 0.2) is 0 Å². The first kappa shape index (κ1) is 26.5. The fourth-order valence-electron chi connectivity index (χ4n) is 7.41. The third kappa shape index (κ3) is 4.46. The number of hydrogen-bond donors (Lipinski definition) is 0. The summed E-state index contributed by atoms with van der Waals surface area (Å²) in [7, 11) is 0. The summed E-state index contributed by atoms with van der Waals surface area (Å²) < 4.78 is 14.5. The largest absolute Gasteiger partial charge is 0.456 e. The number of furan rings is 1. The molecule has 9 rings (SSSR count). The van der Waals surface area contributed by atoms with Gasteiger partial charge in [0.1, 0.15) is 11.2 Å². The number of rotatable bonds is 3. The molecule has 0 saturated carbocycles. The van der Waals surface area contributed by atoms with Crippen LogP contribution in [-0.2, 0) is 5.41 Å². The Hall–Kier alpha value is -5.66. The zero-order chi connectivity index (χ0) is 32.6. The zero-order valence-electron chi connectivity index (χ0n) is 27.8. The Morgan fingerprint density at radius 2 is 1.02 bits per heavy atom. The molecule has 1 aromatic heterocycles. The Kier molecular flexibility index (Phi) is 5.90. The zero-order valence-corrected chi connectivity index (χ0v) is 26.8. The molecule has 0 N–H and O–H groups in total. The average molecular weight is 604 g/mol. The van der Waals surface area contributed by atoms with Gasteiger partial charge in [0.05, 0.1) is 1.37 Å². The molecule has 0 radical (unpaired) electrons. The molecule has 0 aliphatic carbocycles. The molecule has 1 nitrogen and oxygen atoms in total. The maximum Gasteiger partial charge on any atom is 0.139 e. The van der Waals surface area contributed by atoms with E-state index in [1.54, 1.807) is 0 Å². The van der Waals surface area contributed by atoms with E-state index in [0.717, 1.165) is 32.7 Å². The molecule has 8 aromatic carbocycles. The molecule has 0 fully saturated rings. The van der Waals surface area contributed by atoms with E-state index in [0.29, 0.717) is 6.04 Å². The van der Waals surface area contributed by atoms with Crippen LogP contribution in [-0.4, -0.2) is 0 Å². The minimum Gasteiger partial charge on any atom is -0.456 e. The number of hydrogen-bond acceptors (Lipinski definition) is 1.